The number of ether oxygens (including phenoxy) is 1. The van der Waals surface area contributed by atoms with Gasteiger partial charge >= 0.3 is 0 Å². The van der Waals surface area contributed by atoms with Crippen molar-refractivity contribution in [2.24, 2.45) is 5.73 Å². The minimum absolute atomic E-state index is 0.363. The Labute approximate surface area is 334 Å². The van der Waals surface area contributed by atoms with Gasteiger partial charge in [0.15, 0.2) is 0 Å². The van der Waals surface area contributed by atoms with Crippen LogP contribution in [0.3, 0.4) is 0 Å². The molecule has 0 bridgehead atoms. The number of fused-ring (bicyclic) bond motifs is 6. The molecular weight excluding hydrogens is 736 g/mol. The Morgan fingerprint density at radius 2 is 1.20 bits per heavy atom. The maximum absolute atomic E-state index is 6.17. The van der Waals surface area contributed by atoms with Crippen LogP contribution in [0, 0.1) is 0 Å². The van der Waals surface area contributed by atoms with Crippen molar-refractivity contribution >= 4 is 72.3 Å². The lowest BCUT2D eigenvalue weighted by molar-refractivity contribution is 0.117. The number of halogens is 1. The van der Waals surface area contributed by atoms with Gasteiger partial charge in [0, 0.05) is 54.1 Å². The molecule has 5 heterocycles. The van der Waals surface area contributed by atoms with E-state index in [1.165, 1.54) is 122 Å². The summed E-state index contributed by atoms with van der Waals surface area (Å²) in [7, 11) is 10.6. The highest BCUT2D eigenvalue weighted by atomic mass is 35.5. The van der Waals surface area contributed by atoms with E-state index < -0.39 is 0 Å². The van der Waals surface area contributed by atoms with Gasteiger partial charge in [-0.05, 0) is 154 Å². The van der Waals surface area contributed by atoms with Crippen LogP contribution in [-0.2, 0) is 30.4 Å². The molecule has 2 saturated carbocycles. The molecule has 54 heavy (non-hydrogen) atoms. The molecule has 1 unspecified atom stereocenters. The van der Waals surface area contributed by atoms with Crippen molar-refractivity contribution in [2.45, 2.75) is 133 Å². The zero-order chi connectivity index (χ0) is 37.8. The molecule has 5 N–H and O–H groups in total. The van der Waals surface area contributed by atoms with Gasteiger partial charge < -0.3 is 36.2 Å². The van der Waals surface area contributed by atoms with Crippen LogP contribution in [0.5, 0.6) is 0 Å². The van der Waals surface area contributed by atoms with Crippen molar-refractivity contribution in [3.8, 4) is 0 Å². The highest BCUT2D eigenvalue weighted by Crippen LogP contribution is 2.42. The molecule has 0 aromatic carbocycles. The lowest BCUT2D eigenvalue weighted by Gasteiger charge is -2.33. The Morgan fingerprint density at radius 1 is 0.685 bits per heavy atom. The normalized spacial score (nSPS) is 24.9. The van der Waals surface area contributed by atoms with E-state index in [0.29, 0.717) is 36.1 Å². The second-order valence-corrected chi connectivity index (χ2v) is 18.7. The molecule has 3 fully saturated rings. The van der Waals surface area contributed by atoms with Gasteiger partial charge in [0.2, 0.25) is 11.2 Å². The summed E-state index contributed by atoms with van der Waals surface area (Å²) in [5.41, 5.74) is 8.27. The second kappa shape index (κ2) is 18.3. The average molecular weight is 798 g/mol. The minimum atomic E-state index is 0.363. The van der Waals surface area contributed by atoms with Gasteiger partial charge in [-0.2, -0.15) is 4.98 Å². The van der Waals surface area contributed by atoms with E-state index in [1.807, 2.05) is 18.4 Å². The number of anilines is 3. The molecule has 1 aliphatic heterocycles. The van der Waals surface area contributed by atoms with E-state index >= 15 is 0 Å². The average Bonchev–Trinajstić information content (AvgIpc) is 4.01. The van der Waals surface area contributed by atoms with E-state index in [2.05, 4.69) is 63.9 Å². The SMILES string of the molecule is CN(C)C1CCC(Nc2nc(Cl)nc3sc4c(c23)CCC4)CC1.CNc1nc(NC2CCC(N(C)C)CC2)c2c3c(sc2n1)CCC3.NCC1CCCO1. The second-order valence-electron chi connectivity index (χ2n) is 16.2. The highest BCUT2D eigenvalue weighted by Gasteiger charge is 2.28. The summed E-state index contributed by atoms with van der Waals surface area (Å²) in [6.07, 6.45) is 19.8. The maximum Gasteiger partial charge on any atom is 0.225 e. The first-order valence-electron chi connectivity index (χ1n) is 20.4. The molecule has 11 nitrogen and oxygen atoms in total. The molecule has 9 rings (SSSR count). The molecule has 0 amide bonds. The smallest absolute Gasteiger partial charge is 0.225 e. The van der Waals surface area contributed by atoms with E-state index in [-0.39, 0.29) is 0 Å². The topological polar surface area (TPSA) is 129 Å². The summed E-state index contributed by atoms with van der Waals surface area (Å²) >= 11 is 9.82. The Balaban J connectivity index is 0.000000142. The van der Waals surface area contributed by atoms with Crippen molar-refractivity contribution in [3.05, 3.63) is 26.2 Å². The molecule has 0 radical (unpaired) electrons. The van der Waals surface area contributed by atoms with E-state index in [9.17, 15) is 0 Å². The molecule has 4 aromatic heterocycles. The van der Waals surface area contributed by atoms with Crippen LogP contribution in [-0.4, -0.2) is 108 Å². The van der Waals surface area contributed by atoms with E-state index in [4.69, 9.17) is 32.0 Å². The Morgan fingerprint density at radius 3 is 1.65 bits per heavy atom. The highest BCUT2D eigenvalue weighted by molar-refractivity contribution is 7.19. The number of rotatable bonds is 8. The van der Waals surface area contributed by atoms with E-state index in [1.54, 1.807) is 11.3 Å². The van der Waals surface area contributed by atoms with Crippen LogP contribution in [0.25, 0.3) is 20.4 Å². The first kappa shape index (κ1) is 39.8. The quantitative estimate of drug-likeness (QED) is 0.131. The fourth-order valence-corrected chi connectivity index (χ4v) is 11.7. The summed E-state index contributed by atoms with van der Waals surface area (Å²) < 4.78 is 5.18. The molecule has 1 atom stereocenters. The molecule has 1 saturated heterocycles. The third kappa shape index (κ3) is 9.24. The number of hydrogen-bond acceptors (Lipinski definition) is 13. The number of nitrogens with one attached hydrogen (secondary N) is 3. The lowest BCUT2D eigenvalue weighted by Crippen LogP contribution is -2.36. The number of thiophene rings is 2. The Hall–Kier alpha value is -2.39. The molecule has 296 valence electrons. The zero-order valence-corrected chi connectivity index (χ0v) is 35.4. The summed E-state index contributed by atoms with van der Waals surface area (Å²) in [5, 5.41) is 13.5. The zero-order valence-electron chi connectivity index (χ0n) is 33.0. The molecule has 5 aliphatic rings. The maximum atomic E-state index is 6.17. The summed E-state index contributed by atoms with van der Waals surface area (Å²) in [6.45, 7) is 1.61. The van der Waals surface area contributed by atoms with Gasteiger partial charge in [-0.1, -0.05) is 0 Å². The van der Waals surface area contributed by atoms with Crippen LogP contribution in [0.15, 0.2) is 0 Å². The van der Waals surface area contributed by atoms with E-state index in [0.717, 1.165) is 52.7 Å². The van der Waals surface area contributed by atoms with Crippen molar-refractivity contribution < 1.29 is 4.74 Å². The van der Waals surface area contributed by atoms with Gasteiger partial charge in [-0.15, -0.1) is 22.7 Å². The fraction of sp³-hybridized carbons (Fsp3) is 0.700. The van der Waals surface area contributed by atoms with Crippen LogP contribution in [0.2, 0.25) is 5.28 Å². The molecule has 14 heteroatoms. The van der Waals surface area contributed by atoms with Gasteiger partial charge in [-0.3, -0.25) is 0 Å². The van der Waals surface area contributed by atoms with Crippen LogP contribution in [0.1, 0.15) is 97.9 Å². The number of hydrogen-bond donors (Lipinski definition) is 4. The number of aromatic nitrogens is 4. The minimum Gasteiger partial charge on any atom is -0.377 e. The fourth-order valence-electron chi connectivity index (χ4n) is 8.98. The molecular formula is C40H61ClN10OS2. The number of nitrogens with zero attached hydrogens (tertiary/aromatic N) is 6. The van der Waals surface area contributed by atoms with Crippen LogP contribution >= 0.6 is 34.3 Å². The predicted molar refractivity (Wildman–Crippen MR) is 228 cm³/mol. The van der Waals surface area contributed by atoms with Gasteiger partial charge in [0.1, 0.15) is 21.3 Å². The standard InChI is InChI=1S/C18H27N5S.C17H23ClN4S.C5H11NO/c1-19-18-21-16(20-11-7-9-12(10-8-11)23(2)3)15-13-5-4-6-14(13)24-17(15)22-18;1-22(2)11-8-6-10(7-9-11)19-15-14-12-4-3-5-13(12)23-16(14)21-17(18)20-15;6-4-5-2-1-3-7-5/h11-12H,4-10H2,1-3H3,(H2,19,20,21,22);10-11H,3-9H2,1-2H3,(H,19,20,21);5H,1-4,6H2. The third-order valence-electron chi connectivity index (χ3n) is 12.1. The third-order valence-corrected chi connectivity index (χ3v) is 14.7. The first-order chi connectivity index (χ1) is 26.2. The molecule has 4 aromatic rings. The molecule has 0 spiro atoms. The summed E-state index contributed by atoms with van der Waals surface area (Å²) in [4.78, 5) is 28.4. The van der Waals surface area contributed by atoms with Crippen LogP contribution < -0.4 is 21.7 Å². The largest absolute Gasteiger partial charge is 0.377 e. The van der Waals surface area contributed by atoms with Crippen molar-refractivity contribution in [1.82, 2.24) is 29.7 Å². The summed E-state index contributed by atoms with van der Waals surface area (Å²) in [6, 6.07) is 2.47. The Bertz CT molecular complexity index is 1840. The number of aryl methyl sites for hydroxylation is 4. The van der Waals surface area contributed by atoms with Gasteiger partial charge in [0.05, 0.1) is 16.9 Å². The van der Waals surface area contributed by atoms with Crippen molar-refractivity contribution in [3.63, 3.8) is 0 Å². The van der Waals surface area contributed by atoms with Gasteiger partial charge in [-0.25, -0.2) is 15.0 Å². The van der Waals surface area contributed by atoms with Gasteiger partial charge in [0.25, 0.3) is 0 Å². The number of nitrogens with two attached hydrogens (primary N) is 1. The lowest BCUT2D eigenvalue weighted by atomic mass is 9.90. The van der Waals surface area contributed by atoms with Crippen molar-refractivity contribution in [1.29, 1.82) is 0 Å². The molecule has 4 aliphatic carbocycles. The first-order valence-corrected chi connectivity index (χ1v) is 22.4. The van der Waals surface area contributed by atoms with Crippen molar-refractivity contribution in [2.75, 3.05) is 64.3 Å². The Kier molecular flexibility index (Phi) is 13.5. The monoisotopic (exact) mass is 796 g/mol. The van der Waals surface area contributed by atoms with Crippen LogP contribution in [0.4, 0.5) is 17.6 Å². The summed E-state index contributed by atoms with van der Waals surface area (Å²) in [5.74, 6) is 2.75. The predicted octanol–water partition coefficient (Wildman–Crippen LogP) is 7.75.